The number of aromatic nitrogens is 3. The van der Waals surface area contributed by atoms with E-state index in [0.717, 1.165) is 5.69 Å². The second-order valence-corrected chi connectivity index (χ2v) is 3.19. The van der Waals surface area contributed by atoms with Crippen molar-refractivity contribution in [2.75, 3.05) is 6.61 Å². The van der Waals surface area contributed by atoms with E-state index in [1.54, 1.807) is 6.92 Å². The van der Waals surface area contributed by atoms with Crippen LogP contribution in [0.25, 0.3) is 0 Å². The molecule has 0 amide bonds. The zero-order chi connectivity index (χ0) is 10.4. The van der Waals surface area contributed by atoms with E-state index in [-0.39, 0.29) is 37.0 Å². The van der Waals surface area contributed by atoms with Crippen LogP contribution in [0.4, 0.5) is 0 Å². The molecule has 0 bridgehead atoms. The zero-order valence-electron chi connectivity index (χ0n) is 10.0. The molecule has 0 aliphatic heterocycles. The van der Waals surface area contributed by atoms with Gasteiger partial charge in [0, 0.05) is 6.42 Å². The van der Waals surface area contributed by atoms with E-state index in [2.05, 4.69) is 15.4 Å². The second kappa shape index (κ2) is 8.04. The van der Waals surface area contributed by atoms with Gasteiger partial charge in [0.1, 0.15) is 4.64 Å². The molecule has 0 spiro atoms. The summed E-state index contributed by atoms with van der Waals surface area (Å²) >= 11 is 4.95. The van der Waals surface area contributed by atoms with Crippen molar-refractivity contribution in [3.63, 3.8) is 0 Å². The summed E-state index contributed by atoms with van der Waals surface area (Å²) in [7, 11) is 0. The molecule has 0 radical (unpaired) electrons. The van der Waals surface area contributed by atoms with Gasteiger partial charge in [-0.2, -0.15) is 5.10 Å². The Balaban J connectivity index is 0. The third-order valence-corrected chi connectivity index (χ3v) is 2.06. The van der Waals surface area contributed by atoms with Gasteiger partial charge in [-0.05, 0) is 19.8 Å². The van der Waals surface area contributed by atoms with Crippen molar-refractivity contribution in [2.24, 2.45) is 0 Å². The summed E-state index contributed by atoms with van der Waals surface area (Å²) in [6, 6.07) is 0. The minimum absolute atomic E-state index is 0. The van der Waals surface area contributed by atoms with Crippen molar-refractivity contribution >= 4 is 18.2 Å². The van der Waals surface area contributed by atoms with Crippen LogP contribution >= 0.6 is 12.2 Å². The number of esters is 1. The molecule has 1 heterocycles. The Morgan fingerprint density at radius 2 is 2.40 bits per heavy atom. The molecule has 0 fully saturated rings. The first-order valence-corrected chi connectivity index (χ1v) is 4.92. The van der Waals surface area contributed by atoms with E-state index in [0.29, 0.717) is 30.5 Å². The van der Waals surface area contributed by atoms with Crippen LogP contribution in [-0.2, 0) is 16.0 Å². The summed E-state index contributed by atoms with van der Waals surface area (Å²) in [5, 5.41) is 9.18. The van der Waals surface area contributed by atoms with Crippen molar-refractivity contribution in [3.05, 3.63) is 10.3 Å². The summed E-state index contributed by atoms with van der Waals surface area (Å²) in [6.45, 7) is 2.23. The molecule has 80 valence electrons. The summed E-state index contributed by atoms with van der Waals surface area (Å²) in [6.07, 6.45) is 1.81. The van der Waals surface area contributed by atoms with Gasteiger partial charge in [0.2, 0.25) is 0 Å². The number of nitrogens with one attached hydrogen (secondary N) is 2. The van der Waals surface area contributed by atoms with Gasteiger partial charge < -0.3 is 6.16 Å². The molecule has 0 unspecified atom stereocenters. The third kappa shape index (κ3) is 5.46. The van der Waals surface area contributed by atoms with Crippen molar-refractivity contribution in [2.45, 2.75) is 26.2 Å². The Morgan fingerprint density at radius 1 is 1.67 bits per heavy atom. The minimum Gasteiger partial charge on any atom is -1.00 e. The topological polar surface area (TPSA) is 70.8 Å². The van der Waals surface area contributed by atoms with Gasteiger partial charge in [-0.1, -0.05) is 12.2 Å². The van der Waals surface area contributed by atoms with E-state index < -0.39 is 0 Å². The van der Waals surface area contributed by atoms with Gasteiger partial charge in [-0.25, -0.2) is 5.21 Å². The van der Waals surface area contributed by atoms with E-state index in [1.807, 2.05) is 0 Å². The fraction of sp³-hybridized carbons (Fsp3) is 0.625. The maximum Gasteiger partial charge on any atom is 1.00 e. The van der Waals surface area contributed by atoms with E-state index in [9.17, 15) is 4.79 Å². The fourth-order valence-corrected chi connectivity index (χ4v) is 1.27. The molecular weight excluding hydrogens is 225 g/mol. The number of hydrogen-bond donors (Lipinski definition) is 2. The molecule has 0 aromatic carbocycles. The summed E-state index contributed by atoms with van der Waals surface area (Å²) in [5.74, 6) is -0.169. The van der Waals surface area contributed by atoms with Crippen LogP contribution in [-0.4, -0.2) is 28.0 Å². The average Bonchev–Trinajstić information content (AvgIpc) is 2.52. The molecule has 0 saturated carbocycles. The Bertz CT molecular complexity index is 355. The van der Waals surface area contributed by atoms with Crippen molar-refractivity contribution in [3.8, 4) is 0 Å². The first kappa shape index (κ1) is 14.8. The Kier molecular flexibility index (Phi) is 7.95. The fourth-order valence-electron chi connectivity index (χ4n) is 1.07. The summed E-state index contributed by atoms with van der Waals surface area (Å²) in [4.78, 5) is 11.0. The van der Waals surface area contributed by atoms with E-state index in [1.165, 1.54) is 0 Å². The van der Waals surface area contributed by atoms with Gasteiger partial charge in [-0.3, -0.25) is 9.89 Å². The molecule has 7 heteroatoms. The first-order chi connectivity index (χ1) is 6.74. The van der Waals surface area contributed by atoms with Crippen LogP contribution in [0.5, 0.6) is 0 Å². The molecular formula is C8H14N3NaO2S. The summed E-state index contributed by atoms with van der Waals surface area (Å²) < 4.78 is 5.40. The Hall–Kier alpha value is -0.170. The number of aryl methyl sites for hydroxylation is 1. The van der Waals surface area contributed by atoms with Crippen LogP contribution in [0.1, 0.15) is 26.9 Å². The first-order valence-electron chi connectivity index (χ1n) is 4.51. The van der Waals surface area contributed by atoms with E-state index in [4.69, 9.17) is 17.0 Å². The number of nitrogens with zero attached hydrogens (tertiary/aromatic N) is 1. The molecule has 15 heavy (non-hydrogen) atoms. The number of carbonyl (C=O) groups excluding carboxylic acids is 1. The maximum atomic E-state index is 11.0. The Morgan fingerprint density at radius 3 is 2.93 bits per heavy atom. The number of aromatic amines is 2. The number of carbonyl (C=O) groups is 1. The maximum absolute atomic E-state index is 11.0. The molecule has 1 aromatic rings. The molecule has 0 saturated heterocycles. The van der Waals surface area contributed by atoms with Gasteiger partial charge in [0.25, 0.3) is 0 Å². The van der Waals surface area contributed by atoms with Crippen LogP contribution in [0.15, 0.2) is 0 Å². The largest absolute Gasteiger partial charge is 1.00 e. The number of rotatable bonds is 5. The number of H-pyrrole nitrogens is 2. The smallest absolute Gasteiger partial charge is 1.00 e. The monoisotopic (exact) mass is 239 g/mol. The SMILES string of the molecule is CCOC(=O)CCCc1n[nH][nH]c1=S.[H-].[Na+]. The third-order valence-electron chi connectivity index (χ3n) is 1.72. The minimum atomic E-state index is -0.169. The molecule has 0 atom stereocenters. The molecule has 2 N–H and O–H groups in total. The quantitative estimate of drug-likeness (QED) is 0.371. The van der Waals surface area contributed by atoms with Gasteiger partial charge in [-0.15, -0.1) is 0 Å². The predicted molar refractivity (Wildman–Crippen MR) is 54.5 cm³/mol. The van der Waals surface area contributed by atoms with Gasteiger partial charge >= 0.3 is 35.5 Å². The summed E-state index contributed by atoms with van der Waals surface area (Å²) in [5.41, 5.74) is 0.796. The predicted octanol–water partition coefficient (Wildman–Crippen LogP) is -1.53. The number of hydrogen-bond acceptors (Lipinski definition) is 4. The molecule has 5 nitrogen and oxygen atoms in total. The Labute approximate surface area is 117 Å². The molecule has 1 rings (SSSR count). The van der Waals surface area contributed by atoms with Crippen molar-refractivity contribution in [1.82, 2.24) is 15.4 Å². The standard InChI is InChI=1S/C8H13N3O2S.Na.H/c1-2-13-7(12)5-3-4-6-8(14)10-11-9-6;;/h2-5H2,1H3,(H2,9,10,11,14);;/q;+1;-1. The van der Waals surface area contributed by atoms with Crippen LogP contribution in [0, 0.1) is 4.64 Å². The average molecular weight is 239 g/mol. The molecule has 0 aliphatic carbocycles. The second-order valence-electron chi connectivity index (χ2n) is 2.78. The number of ether oxygens (including phenoxy) is 1. The zero-order valence-corrected chi connectivity index (χ0v) is 11.8. The molecule has 0 aliphatic rings. The van der Waals surface area contributed by atoms with E-state index >= 15 is 0 Å². The van der Waals surface area contributed by atoms with Gasteiger partial charge in [0.15, 0.2) is 0 Å². The van der Waals surface area contributed by atoms with Crippen LogP contribution < -0.4 is 29.6 Å². The van der Waals surface area contributed by atoms with Crippen molar-refractivity contribution < 1.29 is 40.5 Å². The molecule has 1 aromatic heterocycles. The van der Waals surface area contributed by atoms with Crippen molar-refractivity contribution in [1.29, 1.82) is 0 Å². The van der Waals surface area contributed by atoms with Gasteiger partial charge in [0.05, 0.1) is 12.3 Å². The van der Waals surface area contributed by atoms with Crippen LogP contribution in [0.3, 0.4) is 0 Å². The normalized spacial score (nSPS) is 9.40. The van der Waals surface area contributed by atoms with Crippen LogP contribution in [0.2, 0.25) is 0 Å².